The molecule has 0 bridgehead atoms. The van der Waals surface area contributed by atoms with Crippen molar-refractivity contribution in [3.8, 4) is 0 Å². The van der Waals surface area contributed by atoms with E-state index in [-0.39, 0.29) is 5.54 Å². The molecule has 2 unspecified atom stereocenters. The van der Waals surface area contributed by atoms with Gasteiger partial charge in [-0.2, -0.15) is 0 Å². The lowest BCUT2D eigenvalue weighted by Crippen LogP contribution is -2.43. The molecule has 0 amide bonds. The lowest BCUT2D eigenvalue weighted by atomic mass is 9.76. The topological polar surface area (TPSA) is 43.8 Å². The zero-order valence-electron chi connectivity index (χ0n) is 13.1. The van der Waals surface area contributed by atoms with Gasteiger partial charge in [-0.25, -0.2) is 4.98 Å². The molecule has 3 nitrogen and oxygen atoms in total. The van der Waals surface area contributed by atoms with E-state index in [1.165, 1.54) is 12.8 Å². The minimum atomic E-state index is -0.312. The van der Waals surface area contributed by atoms with Gasteiger partial charge in [0.15, 0.2) is 0 Å². The quantitative estimate of drug-likeness (QED) is 0.878. The molecular weight excluding hydrogens is 282 g/mol. The van der Waals surface area contributed by atoms with Crippen LogP contribution in [0.3, 0.4) is 0 Å². The standard InChI is InChI=1S/C17H24ClN3/c1-11(2)21-15-9-13(18)6-7-14(15)20-16(21)17(19)8-4-5-12(3)10-17/h6-7,9,11-12H,4-5,8,10,19H2,1-3H3. The van der Waals surface area contributed by atoms with Crippen molar-refractivity contribution in [2.45, 2.75) is 58.0 Å². The Kier molecular flexibility index (Phi) is 3.74. The average molecular weight is 306 g/mol. The van der Waals surface area contributed by atoms with Crippen molar-refractivity contribution in [3.63, 3.8) is 0 Å². The van der Waals surface area contributed by atoms with E-state index >= 15 is 0 Å². The number of halogens is 1. The Hall–Kier alpha value is -1.06. The minimum absolute atomic E-state index is 0.312. The SMILES string of the molecule is CC1CCCC(N)(c2nc3ccc(Cl)cc3n2C(C)C)C1. The van der Waals surface area contributed by atoms with Gasteiger partial charge in [0, 0.05) is 11.1 Å². The fourth-order valence-electron chi connectivity index (χ4n) is 3.74. The molecule has 114 valence electrons. The van der Waals surface area contributed by atoms with Gasteiger partial charge in [0.05, 0.1) is 16.6 Å². The smallest absolute Gasteiger partial charge is 0.130 e. The summed E-state index contributed by atoms with van der Waals surface area (Å²) in [6.45, 7) is 6.66. The van der Waals surface area contributed by atoms with Gasteiger partial charge in [-0.05, 0) is 50.8 Å². The van der Waals surface area contributed by atoms with Gasteiger partial charge in [0.25, 0.3) is 0 Å². The van der Waals surface area contributed by atoms with Crippen molar-refractivity contribution >= 4 is 22.6 Å². The fourth-order valence-corrected chi connectivity index (χ4v) is 3.90. The zero-order valence-corrected chi connectivity index (χ0v) is 13.8. The highest BCUT2D eigenvalue weighted by Crippen LogP contribution is 2.39. The van der Waals surface area contributed by atoms with Gasteiger partial charge in [-0.3, -0.25) is 0 Å². The van der Waals surface area contributed by atoms with Crippen molar-refractivity contribution in [1.82, 2.24) is 9.55 Å². The van der Waals surface area contributed by atoms with Crippen LogP contribution in [0.4, 0.5) is 0 Å². The van der Waals surface area contributed by atoms with Gasteiger partial charge >= 0.3 is 0 Å². The Balaban J connectivity index is 2.19. The number of benzene rings is 1. The summed E-state index contributed by atoms with van der Waals surface area (Å²) in [5, 5.41) is 0.749. The predicted molar refractivity (Wildman–Crippen MR) is 88.6 cm³/mol. The minimum Gasteiger partial charge on any atom is -0.324 e. The van der Waals surface area contributed by atoms with Crippen LogP contribution in [0.25, 0.3) is 11.0 Å². The van der Waals surface area contributed by atoms with Crippen LogP contribution in [0.15, 0.2) is 18.2 Å². The summed E-state index contributed by atoms with van der Waals surface area (Å²) in [5.41, 5.74) is 8.57. The van der Waals surface area contributed by atoms with E-state index in [9.17, 15) is 0 Å². The van der Waals surface area contributed by atoms with Crippen LogP contribution >= 0.6 is 11.6 Å². The molecule has 4 heteroatoms. The number of nitrogens with zero attached hydrogens (tertiary/aromatic N) is 2. The Morgan fingerprint density at radius 2 is 2.19 bits per heavy atom. The van der Waals surface area contributed by atoms with Gasteiger partial charge < -0.3 is 10.3 Å². The predicted octanol–water partition coefficient (Wildman–Crippen LogP) is 4.63. The molecule has 0 aliphatic heterocycles. The Labute approximate surface area is 131 Å². The molecule has 1 aliphatic rings. The first-order valence-electron chi connectivity index (χ1n) is 7.87. The zero-order chi connectivity index (χ0) is 15.2. The molecule has 1 aliphatic carbocycles. The highest BCUT2D eigenvalue weighted by molar-refractivity contribution is 6.31. The number of hydrogen-bond donors (Lipinski definition) is 1. The molecule has 0 saturated heterocycles. The monoisotopic (exact) mass is 305 g/mol. The van der Waals surface area contributed by atoms with Gasteiger partial charge in [-0.1, -0.05) is 31.4 Å². The first-order valence-corrected chi connectivity index (χ1v) is 8.25. The molecule has 1 fully saturated rings. The Morgan fingerprint density at radius 1 is 1.43 bits per heavy atom. The lowest BCUT2D eigenvalue weighted by Gasteiger charge is -2.37. The van der Waals surface area contributed by atoms with Crippen LogP contribution in [-0.4, -0.2) is 9.55 Å². The normalized spacial score (nSPS) is 26.7. The van der Waals surface area contributed by atoms with Crippen molar-refractivity contribution in [2.75, 3.05) is 0 Å². The second kappa shape index (κ2) is 5.29. The van der Waals surface area contributed by atoms with Gasteiger partial charge in [0.2, 0.25) is 0 Å². The van der Waals surface area contributed by atoms with Crippen LogP contribution in [0, 0.1) is 5.92 Å². The summed E-state index contributed by atoms with van der Waals surface area (Å²) < 4.78 is 2.28. The van der Waals surface area contributed by atoms with Crippen molar-refractivity contribution in [2.24, 2.45) is 11.7 Å². The first-order chi connectivity index (χ1) is 9.90. The van der Waals surface area contributed by atoms with E-state index in [1.54, 1.807) is 0 Å². The number of nitrogens with two attached hydrogens (primary N) is 1. The average Bonchev–Trinajstić information content (AvgIpc) is 2.77. The molecule has 3 rings (SSSR count). The third kappa shape index (κ3) is 2.58. The maximum atomic E-state index is 6.79. The lowest BCUT2D eigenvalue weighted by molar-refractivity contribution is 0.220. The number of rotatable bonds is 2. The highest BCUT2D eigenvalue weighted by Gasteiger charge is 2.37. The summed E-state index contributed by atoms with van der Waals surface area (Å²) in [4.78, 5) is 4.88. The molecule has 2 aromatic rings. The summed E-state index contributed by atoms with van der Waals surface area (Å²) in [5.74, 6) is 1.69. The summed E-state index contributed by atoms with van der Waals surface area (Å²) in [7, 11) is 0. The van der Waals surface area contributed by atoms with Gasteiger partial charge in [0.1, 0.15) is 5.82 Å². The van der Waals surface area contributed by atoms with E-state index in [2.05, 4.69) is 25.3 Å². The van der Waals surface area contributed by atoms with E-state index in [4.69, 9.17) is 22.3 Å². The van der Waals surface area contributed by atoms with Crippen molar-refractivity contribution in [1.29, 1.82) is 0 Å². The first kappa shape index (κ1) is 14.9. The Bertz CT molecular complexity index is 661. The molecule has 2 atom stereocenters. The molecule has 1 aromatic heterocycles. The molecule has 2 N–H and O–H groups in total. The Morgan fingerprint density at radius 3 is 2.86 bits per heavy atom. The number of aromatic nitrogens is 2. The molecular formula is C17H24ClN3. The number of imidazole rings is 1. The van der Waals surface area contributed by atoms with Crippen LogP contribution in [0.1, 0.15) is 58.3 Å². The maximum Gasteiger partial charge on any atom is 0.130 e. The summed E-state index contributed by atoms with van der Waals surface area (Å²) >= 11 is 6.18. The van der Waals surface area contributed by atoms with E-state index in [0.29, 0.717) is 12.0 Å². The van der Waals surface area contributed by atoms with Crippen molar-refractivity contribution < 1.29 is 0 Å². The molecule has 1 saturated carbocycles. The van der Waals surface area contributed by atoms with Crippen LogP contribution in [0.2, 0.25) is 5.02 Å². The number of hydrogen-bond acceptors (Lipinski definition) is 2. The van der Waals surface area contributed by atoms with Crippen LogP contribution in [0.5, 0.6) is 0 Å². The fraction of sp³-hybridized carbons (Fsp3) is 0.588. The number of fused-ring (bicyclic) bond motifs is 1. The molecule has 1 aromatic carbocycles. The molecule has 0 spiro atoms. The summed E-state index contributed by atoms with van der Waals surface area (Å²) in [6, 6.07) is 6.22. The third-order valence-corrected chi connectivity index (χ3v) is 4.88. The summed E-state index contributed by atoms with van der Waals surface area (Å²) in [6.07, 6.45) is 4.48. The van der Waals surface area contributed by atoms with E-state index < -0.39 is 0 Å². The van der Waals surface area contributed by atoms with Gasteiger partial charge in [-0.15, -0.1) is 0 Å². The maximum absolute atomic E-state index is 6.79. The molecule has 21 heavy (non-hydrogen) atoms. The van der Waals surface area contributed by atoms with Crippen molar-refractivity contribution in [3.05, 3.63) is 29.0 Å². The largest absolute Gasteiger partial charge is 0.324 e. The molecule has 1 heterocycles. The third-order valence-electron chi connectivity index (χ3n) is 4.65. The van der Waals surface area contributed by atoms with Crippen LogP contribution < -0.4 is 5.73 Å². The second-order valence-electron chi connectivity index (χ2n) is 6.89. The van der Waals surface area contributed by atoms with E-state index in [0.717, 1.165) is 34.7 Å². The van der Waals surface area contributed by atoms with Crippen LogP contribution in [-0.2, 0) is 5.54 Å². The van der Waals surface area contributed by atoms with E-state index in [1.807, 2.05) is 18.2 Å². The molecule has 0 radical (unpaired) electrons. The highest BCUT2D eigenvalue weighted by atomic mass is 35.5. The second-order valence-corrected chi connectivity index (χ2v) is 7.33.